The first-order chi connectivity index (χ1) is 11.5. The van der Waals surface area contributed by atoms with Crippen LogP contribution in [0.4, 0.5) is 0 Å². The summed E-state index contributed by atoms with van der Waals surface area (Å²) in [5, 5.41) is 13.5. The number of nitrogens with zero attached hydrogens (tertiary/aromatic N) is 4. The molecule has 0 aliphatic heterocycles. The van der Waals surface area contributed by atoms with Gasteiger partial charge in [-0.2, -0.15) is 5.21 Å². The van der Waals surface area contributed by atoms with Gasteiger partial charge in [-0.3, -0.25) is 9.59 Å². The average Bonchev–Trinajstić information content (AvgIpc) is 3.27. The number of nitrogens with one attached hydrogen (secondary N) is 1. The largest absolute Gasteiger partial charge is 0.290 e. The molecule has 0 aliphatic carbocycles. The number of Topliss-reactive ketones (excluding diaryl/α,β-unsaturated/α-hetero) is 2. The van der Waals surface area contributed by atoms with Crippen molar-refractivity contribution < 1.29 is 18.0 Å². The highest BCUT2D eigenvalue weighted by Crippen LogP contribution is 2.22. The zero-order valence-corrected chi connectivity index (χ0v) is 13.5. The monoisotopic (exact) mass is 363 g/mol. The molecule has 3 aromatic rings. The Bertz CT molecular complexity index is 981. The highest BCUT2D eigenvalue weighted by atomic mass is 32.2. The molecule has 0 spiro atoms. The van der Waals surface area contributed by atoms with E-state index < -0.39 is 21.4 Å². The standard InChI is InChI=1S/C13H9N5O4S2/c19-9(12(20)13-15-17-18-16-13)6-10-14-11(7-23-10)24(21,22)8-4-2-1-3-5-8/h1-5,7H,6H2,(H,15,16,17,18). The molecule has 0 fully saturated rings. The zero-order chi connectivity index (χ0) is 17.2. The minimum Gasteiger partial charge on any atom is -0.290 e. The van der Waals surface area contributed by atoms with Crippen LogP contribution in [-0.4, -0.2) is 45.6 Å². The summed E-state index contributed by atoms with van der Waals surface area (Å²) in [6, 6.07) is 7.83. The van der Waals surface area contributed by atoms with E-state index in [-0.39, 0.29) is 27.2 Å². The molecule has 24 heavy (non-hydrogen) atoms. The van der Waals surface area contributed by atoms with Crippen LogP contribution < -0.4 is 0 Å². The Morgan fingerprint density at radius 3 is 2.58 bits per heavy atom. The van der Waals surface area contributed by atoms with E-state index in [0.29, 0.717) is 0 Å². The Morgan fingerprint density at radius 1 is 1.17 bits per heavy atom. The third-order valence-electron chi connectivity index (χ3n) is 2.97. The molecule has 0 unspecified atom stereocenters. The van der Waals surface area contributed by atoms with E-state index in [1.807, 2.05) is 0 Å². The molecular formula is C13H9N5O4S2. The number of rotatable bonds is 6. The molecule has 0 bridgehead atoms. The van der Waals surface area contributed by atoms with Crippen molar-refractivity contribution in [2.24, 2.45) is 0 Å². The first kappa shape index (κ1) is 16.1. The molecule has 0 atom stereocenters. The van der Waals surface area contributed by atoms with E-state index in [9.17, 15) is 18.0 Å². The minimum absolute atomic E-state index is 0.107. The summed E-state index contributed by atoms with van der Waals surface area (Å²) in [6.07, 6.45) is -0.331. The van der Waals surface area contributed by atoms with Crippen molar-refractivity contribution in [1.82, 2.24) is 25.6 Å². The van der Waals surface area contributed by atoms with Gasteiger partial charge in [0.1, 0.15) is 5.01 Å². The maximum Gasteiger partial charge on any atom is 0.269 e. The van der Waals surface area contributed by atoms with Crippen LogP contribution in [0.5, 0.6) is 0 Å². The summed E-state index contributed by atoms with van der Waals surface area (Å²) in [6.45, 7) is 0. The molecule has 2 heterocycles. The maximum atomic E-state index is 12.4. The first-order valence-corrected chi connectivity index (χ1v) is 8.90. The lowest BCUT2D eigenvalue weighted by molar-refractivity contribution is -0.114. The van der Waals surface area contributed by atoms with Gasteiger partial charge < -0.3 is 0 Å². The molecule has 0 saturated carbocycles. The second-order valence-corrected chi connectivity index (χ2v) is 7.40. The Morgan fingerprint density at radius 2 is 1.92 bits per heavy atom. The highest BCUT2D eigenvalue weighted by molar-refractivity contribution is 7.91. The summed E-state index contributed by atoms with van der Waals surface area (Å²) in [5.74, 6) is -2.05. The number of sulfone groups is 1. The SMILES string of the molecule is O=C(Cc1nc(S(=O)(=O)c2ccccc2)cs1)C(=O)c1nn[nH]n1. The number of hydrogen-bond acceptors (Lipinski definition) is 9. The van der Waals surface area contributed by atoms with Gasteiger partial charge in [-0.25, -0.2) is 13.4 Å². The van der Waals surface area contributed by atoms with E-state index in [0.717, 1.165) is 11.3 Å². The van der Waals surface area contributed by atoms with Gasteiger partial charge in [0.2, 0.25) is 21.4 Å². The van der Waals surface area contributed by atoms with Gasteiger partial charge >= 0.3 is 0 Å². The second kappa shape index (κ2) is 6.37. The third-order valence-corrected chi connectivity index (χ3v) is 5.62. The lowest BCUT2D eigenvalue weighted by Crippen LogP contribution is -2.18. The highest BCUT2D eigenvalue weighted by Gasteiger charge is 2.25. The Kier molecular flexibility index (Phi) is 4.27. The molecule has 0 saturated heterocycles. The number of H-pyrrole nitrogens is 1. The Labute approximate surface area is 139 Å². The summed E-state index contributed by atoms with van der Waals surface area (Å²) >= 11 is 0.986. The zero-order valence-electron chi connectivity index (χ0n) is 11.9. The summed E-state index contributed by atoms with van der Waals surface area (Å²) < 4.78 is 24.8. The third kappa shape index (κ3) is 3.12. The van der Waals surface area contributed by atoms with Crippen molar-refractivity contribution >= 4 is 32.7 Å². The fourth-order valence-corrected chi connectivity index (χ4v) is 4.17. The van der Waals surface area contributed by atoms with Crippen LogP contribution in [0.2, 0.25) is 0 Å². The van der Waals surface area contributed by atoms with Gasteiger partial charge in [0.05, 0.1) is 11.3 Å². The van der Waals surface area contributed by atoms with Crippen LogP contribution in [0.15, 0.2) is 45.6 Å². The first-order valence-electron chi connectivity index (χ1n) is 6.54. The number of thiazole rings is 1. The normalized spacial score (nSPS) is 11.3. The Hall–Kier alpha value is -2.79. The van der Waals surface area contributed by atoms with E-state index in [1.165, 1.54) is 17.5 Å². The van der Waals surface area contributed by atoms with Crippen LogP contribution in [0.3, 0.4) is 0 Å². The Balaban J connectivity index is 1.79. The van der Waals surface area contributed by atoms with Crippen LogP contribution in [-0.2, 0) is 21.1 Å². The lowest BCUT2D eigenvalue weighted by atomic mass is 10.2. The molecule has 122 valence electrons. The van der Waals surface area contributed by atoms with Crippen LogP contribution >= 0.6 is 11.3 Å². The van der Waals surface area contributed by atoms with Gasteiger partial charge in [-0.1, -0.05) is 18.2 Å². The van der Waals surface area contributed by atoms with Crippen LogP contribution in [0, 0.1) is 0 Å². The number of aromatic nitrogens is 5. The number of tetrazole rings is 1. The minimum atomic E-state index is -3.75. The summed E-state index contributed by atoms with van der Waals surface area (Å²) in [7, 11) is -3.75. The fourth-order valence-electron chi connectivity index (χ4n) is 1.82. The van der Waals surface area contributed by atoms with Crippen molar-refractivity contribution in [1.29, 1.82) is 0 Å². The number of benzene rings is 1. The molecular weight excluding hydrogens is 354 g/mol. The van der Waals surface area contributed by atoms with E-state index >= 15 is 0 Å². The number of carbonyl (C=O) groups excluding carboxylic acids is 2. The predicted molar refractivity (Wildman–Crippen MR) is 81.2 cm³/mol. The summed E-state index contributed by atoms with van der Waals surface area (Å²) in [4.78, 5) is 27.7. The molecule has 1 aromatic carbocycles. The van der Waals surface area contributed by atoms with Crippen molar-refractivity contribution in [2.45, 2.75) is 16.3 Å². The van der Waals surface area contributed by atoms with Crippen molar-refractivity contribution in [3.63, 3.8) is 0 Å². The second-order valence-electron chi connectivity index (χ2n) is 4.56. The smallest absolute Gasteiger partial charge is 0.269 e. The molecule has 9 nitrogen and oxygen atoms in total. The predicted octanol–water partition coefficient (Wildman–Crippen LogP) is 0.483. The van der Waals surface area contributed by atoms with Gasteiger partial charge in [0.25, 0.3) is 5.78 Å². The molecule has 0 radical (unpaired) electrons. The van der Waals surface area contributed by atoms with E-state index in [2.05, 4.69) is 25.6 Å². The van der Waals surface area contributed by atoms with Gasteiger partial charge in [-0.05, 0) is 17.3 Å². The number of aromatic amines is 1. The molecule has 2 aromatic heterocycles. The van der Waals surface area contributed by atoms with E-state index in [1.54, 1.807) is 18.2 Å². The quantitative estimate of drug-likeness (QED) is 0.493. The number of ketones is 2. The molecule has 3 rings (SSSR count). The van der Waals surface area contributed by atoms with Crippen molar-refractivity contribution in [3.8, 4) is 0 Å². The number of hydrogen-bond donors (Lipinski definition) is 1. The van der Waals surface area contributed by atoms with E-state index in [4.69, 9.17) is 0 Å². The molecule has 1 N–H and O–H groups in total. The fraction of sp³-hybridized carbons (Fsp3) is 0.0769. The molecule has 11 heteroatoms. The average molecular weight is 363 g/mol. The molecule has 0 aliphatic rings. The van der Waals surface area contributed by atoms with Crippen LogP contribution in [0.25, 0.3) is 0 Å². The summed E-state index contributed by atoms with van der Waals surface area (Å²) in [5.41, 5.74) is 0. The number of carbonyl (C=O) groups is 2. The van der Waals surface area contributed by atoms with Gasteiger partial charge in [0, 0.05) is 5.38 Å². The molecule has 0 amide bonds. The van der Waals surface area contributed by atoms with Crippen molar-refractivity contribution in [2.75, 3.05) is 0 Å². The topological polar surface area (TPSA) is 136 Å². The van der Waals surface area contributed by atoms with Gasteiger partial charge in [0.15, 0.2) is 5.03 Å². The maximum absolute atomic E-state index is 12.4. The van der Waals surface area contributed by atoms with Crippen LogP contribution in [0.1, 0.15) is 15.6 Å². The lowest BCUT2D eigenvalue weighted by Gasteiger charge is -1.99. The van der Waals surface area contributed by atoms with Gasteiger partial charge in [-0.15, -0.1) is 21.5 Å². The van der Waals surface area contributed by atoms with Crippen molar-refractivity contribution in [3.05, 3.63) is 46.5 Å².